The highest BCUT2D eigenvalue weighted by molar-refractivity contribution is 7.90. The molecule has 1 unspecified atom stereocenters. The van der Waals surface area contributed by atoms with Crippen molar-refractivity contribution >= 4 is 20.9 Å². The van der Waals surface area contributed by atoms with E-state index >= 15 is 4.39 Å². The fourth-order valence-corrected chi connectivity index (χ4v) is 4.50. The molecule has 4 nitrogen and oxygen atoms in total. The van der Waals surface area contributed by atoms with Crippen LogP contribution in [0.5, 0.6) is 5.75 Å². The molecule has 3 rings (SSSR count). The normalized spacial score (nSPS) is 13.1. The molecule has 1 heterocycles. The Kier molecular flexibility index (Phi) is 4.80. The van der Waals surface area contributed by atoms with Gasteiger partial charge in [0.1, 0.15) is 5.75 Å². The van der Waals surface area contributed by atoms with E-state index in [1.165, 1.54) is 19.2 Å². The van der Waals surface area contributed by atoms with Crippen molar-refractivity contribution in [1.29, 1.82) is 0 Å². The zero-order valence-electron chi connectivity index (χ0n) is 15.3. The molecule has 26 heavy (non-hydrogen) atoms. The van der Waals surface area contributed by atoms with Crippen molar-refractivity contribution in [3.8, 4) is 5.75 Å². The summed E-state index contributed by atoms with van der Waals surface area (Å²) >= 11 is 0. The van der Waals surface area contributed by atoms with Gasteiger partial charge in [0.15, 0.2) is 0 Å². The maximum Gasteiger partial charge on any atom is 0.270 e. The van der Waals surface area contributed by atoms with Crippen LogP contribution in [-0.2, 0) is 10.0 Å². The van der Waals surface area contributed by atoms with Gasteiger partial charge in [-0.2, -0.15) is 4.39 Å². The first-order chi connectivity index (χ1) is 12.3. The van der Waals surface area contributed by atoms with Gasteiger partial charge in [0.2, 0.25) is 5.95 Å². The minimum absolute atomic E-state index is 0.0606. The Labute approximate surface area is 153 Å². The molecule has 6 heteroatoms. The maximum atomic E-state index is 15.4. The highest BCUT2D eigenvalue weighted by atomic mass is 32.2. The van der Waals surface area contributed by atoms with E-state index in [1.807, 2.05) is 20.8 Å². The van der Waals surface area contributed by atoms with E-state index in [1.54, 1.807) is 30.3 Å². The summed E-state index contributed by atoms with van der Waals surface area (Å²) in [5.41, 5.74) is 1.66. The Hall–Kier alpha value is -2.34. The predicted octanol–water partition coefficient (Wildman–Crippen LogP) is 4.85. The molecule has 0 saturated carbocycles. The lowest BCUT2D eigenvalue weighted by molar-refractivity contribution is 0.415. The number of benzene rings is 2. The summed E-state index contributed by atoms with van der Waals surface area (Å²) in [6, 6.07) is 11.3. The van der Waals surface area contributed by atoms with Crippen molar-refractivity contribution in [3.63, 3.8) is 0 Å². The Balaban J connectivity index is 2.36. The molecule has 1 atom stereocenters. The standard InChI is InChI=1S/C20H22FNO3S/c1-5-14(3)19-17-12-15(25-4)8-11-18(17)22(20(19)21)26(23,24)16-9-6-13(2)7-10-16/h6-12,14H,5H2,1-4H3. The van der Waals surface area contributed by atoms with Gasteiger partial charge in [0.25, 0.3) is 10.0 Å². The highest BCUT2D eigenvalue weighted by Gasteiger charge is 2.29. The molecule has 0 fully saturated rings. The zero-order valence-corrected chi connectivity index (χ0v) is 16.1. The van der Waals surface area contributed by atoms with E-state index in [-0.39, 0.29) is 10.8 Å². The zero-order chi connectivity index (χ0) is 19.1. The summed E-state index contributed by atoms with van der Waals surface area (Å²) < 4.78 is 47.7. The van der Waals surface area contributed by atoms with Gasteiger partial charge in [-0.3, -0.25) is 0 Å². The molecule has 0 aliphatic heterocycles. The molecular formula is C20H22FNO3S. The number of nitrogens with zero attached hydrogens (tertiary/aromatic N) is 1. The average molecular weight is 375 g/mol. The average Bonchev–Trinajstić information content (AvgIpc) is 2.92. The first-order valence-corrected chi connectivity index (χ1v) is 9.95. The molecule has 0 bridgehead atoms. The summed E-state index contributed by atoms with van der Waals surface area (Å²) in [6.07, 6.45) is 0.692. The maximum absolute atomic E-state index is 15.4. The van der Waals surface area contributed by atoms with Crippen LogP contribution < -0.4 is 4.74 Å². The number of rotatable bonds is 5. The summed E-state index contributed by atoms with van der Waals surface area (Å²) in [6.45, 7) is 5.71. The van der Waals surface area contributed by atoms with Crippen LogP contribution in [0.2, 0.25) is 0 Å². The minimum Gasteiger partial charge on any atom is -0.497 e. The molecule has 0 N–H and O–H groups in total. The largest absolute Gasteiger partial charge is 0.497 e. The first kappa shape index (κ1) is 18.5. The van der Waals surface area contributed by atoms with Crippen LogP contribution in [-0.4, -0.2) is 19.5 Å². The third kappa shape index (κ3) is 2.88. The summed E-state index contributed by atoms with van der Waals surface area (Å²) in [7, 11) is -2.52. The second kappa shape index (κ2) is 6.76. The molecule has 2 aromatic carbocycles. The van der Waals surface area contributed by atoms with Gasteiger partial charge in [0.05, 0.1) is 17.5 Å². The van der Waals surface area contributed by atoms with Gasteiger partial charge in [-0.25, -0.2) is 12.4 Å². The first-order valence-electron chi connectivity index (χ1n) is 8.51. The molecule has 0 saturated heterocycles. The lowest BCUT2D eigenvalue weighted by Gasteiger charge is -2.10. The Morgan fingerprint density at radius 2 is 1.81 bits per heavy atom. The lowest BCUT2D eigenvalue weighted by atomic mass is 9.98. The number of aromatic nitrogens is 1. The number of hydrogen-bond acceptors (Lipinski definition) is 3. The summed E-state index contributed by atoms with van der Waals surface area (Å²) in [5.74, 6) is -0.297. The van der Waals surface area contributed by atoms with Crippen molar-refractivity contribution in [2.75, 3.05) is 7.11 Å². The van der Waals surface area contributed by atoms with Gasteiger partial charge in [-0.1, -0.05) is 31.5 Å². The third-order valence-electron chi connectivity index (χ3n) is 4.78. The molecular weight excluding hydrogens is 353 g/mol. The quantitative estimate of drug-likeness (QED) is 0.641. The van der Waals surface area contributed by atoms with Gasteiger partial charge in [-0.15, -0.1) is 0 Å². The molecule has 3 aromatic rings. The van der Waals surface area contributed by atoms with E-state index in [0.717, 1.165) is 9.54 Å². The Morgan fingerprint density at radius 3 is 2.38 bits per heavy atom. The van der Waals surface area contributed by atoms with Gasteiger partial charge in [0, 0.05) is 10.9 Å². The number of aryl methyl sites for hydroxylation is 1. The van der Waals surface area contributed by atoms with E-state index in [4.69, 9.17) is 4.74 Å². The van der Waals surface area contributed by atoms with Gasteiger partial charge < -0.3 is 4.74 Å². The number of hydrogen-bond donors (Lipinski definition) is 0. The van der Waals surface area contributed by atoms with Crippen LogP contribution in [0.3, 0.4) is 0 Å². The third-order valence-corrected chi connectivity index (χ3v) is 6.48. The van der Waals surface area contributed by atoms with E-state index in [0.29, 0.717) is 28.6 Å². The van der Waals surface area contributed by atoms with Crippen LogP contribution in [0.15, 0.2) is 47.4 Å². The van der Waals surface area contributed by atoms with E-state index in [9.17, 15) is 8.42 Å². The fourth-order valence-electron chi connectivity index (χ4n) is 3.08. The number of halogens is 1. The Morgan fingerprint density at radius 1 is 1.15 bits per heavy atom. The number of fused-ring (bicyclic) bond motifs is 1. The van der Waals surface area contributed by atoms with Crippen LogP contribution in [0, 0.1) is 12.9 Å². The van der Waals surface area contributed by atoms with Gasteiger partial charge in [-0.05, 0) is 49.6 Å². The molecule has 1 aromatic heterocycles. The SMILES string of the molecule is CCC(C)c1c(F)n(S(=O)(=O)c2ccc(C)cc2)c2ccc(OC)cc12. The molecule has 0 aliphatic carbocycles. The van der Waals surface area contributed by atoms with Crippen molar-refractivity contribution < 1.29 is 17.5 Å². The molecule has 0 spiro atoms. The molecule has 0 aliphatic rings. The predicted molar refractivity (Wildman–Crippen MR) is 101 cm³/mol. The van der Waals surface area contributed by atoms with Crippen LogP contribution in [0.1, 0.15) is 37.3 Å². The minimum atomic E-state index is -4.05. The summed E-state index contributed by atoms with van der Waals surface area (Å²) in [4.78, 5) is 0.0606. The summed E-state index contributed by atoms with van der Waals surface area (Å²) in [5, 5.41) is 0.562. The van der Waals surface area contributed by atoms with Crippen LogP contribution in [0.25, 0.3) is 10.9 Å². The number of ether oxygens (including phenoxy) is 1. The second-order valence-electron chi connectivity index (χ2n) is 6.48. The molecule has 0 amide bonds. The van der Waals surface area contributed by atoms with Crippen molar-refractivity contribution in [1.82, 2.24) is 3.97 Å². The highest BCUT2D eigenvalue weighted by Crippen LogP contribution is 2.36. The van der Waals surface area contributed by atoms with Gasteiger partial charge >= 0.3 is 0 Å². The van der Waals surface area contributed by atoms with Crippen LogP contribution >= 0.6 is 0 Å². The smallest absolute Gasteiger partial charge is 0.270 e. The van der Waals surface area contributed by atoms with Crippen molar-refractivity contribution in [3.05, 3.63) is 59.5 Å². The van der Waals surface area contributed by atoms with E-state index < -0.39 is 16.0 Å². The fraction of sp³-hybridized carbons (Fsp3) is 0.300. The van der Waals surface area contributed by atoms with Crippen molar-refractivity contribution in [2.45, 2.75) is 38.0 Å². The molecule has 138 valence electrons. The van der Waals surface area contributed by atoms with Crippen molar-refractivity contribution in [2.24, 2.45) is 0 Å². The lowest BCUT2D eigenvalue weighted by Crippen LogP contribution is -2.15. The number of methoxy groups -OCH3 is 1. The van der Waals surface area contributed by atoms with E-state index in [2.05, 4.69) is 0 Å². The second-order valence-corrected chi connectivity index (χ2v) is 8.27. The topological polar surface area (TPSA) is 48.3 Å². The Bertz CT molecular complexity index is 1050. The molecule has 0 radical (unpaired) electrons. The van der Waals surface area contributed by atoms with Crippen LogP contribution in [0.4, 0.5) is 4.39 Å². The monoisotopic (exact) mass is 375 g/mol.